The summed E-state index contributed by atoms with van der Waals surface area (Å²) in [7, 11) is 0. The maximum absolute atomic E-state index is 10.9. The first-order valence-corrected chi connectivity index (χ1v) is 5.03. The Balaban J connectivity index is 0.000000236. The molecule has 0 spiro atoms. The Bertz CT molecular complexity index is 219. The van der Waals surface area contributed by atoms with E-state index >= 15 is 0 Å². The van der Waals surface area contributed by atoms with Gasteiger partial charge >= 0.3 is 0 Å². The molecule has 0 radical (unpaired) electrons. The fourth-order valence-electron chi connectivity index (χ4n) is 1.25. The van der Waals surface area contributed by atoms with E-state index in [9.17, 15) is 4.79 Å². The summed E-state index contributed by atoms with van der Waals surface area (Å²) in [6.45, 7) is 4.32. The van der Waals surface area contributed by atoms with Crippen molar-refractivity contribution in [2.45, 2.75) is 33.1 Å². The van der Waals surface area contributed by atoms with Crippen LogP contribution in [0.25, 0.3) is 0 Å². The molecule has 2 rings (SSSR count). The van der Waals surface area contributed by atoms with Crippen molar-refractivity contribution in [3.63, 3.8) is 0 Å². The second-order valence-corrected chi connectivity index (χ2v) is 3.99. The van der Waals surface area contributed by atoms with Crippen LogP contribution >= 0.6 is 0 Å². The lowest BCUT2D eigenvalue weighted by Gasteiger charge is -2.18. The molecule has 72 valence electrons. The Kier molecular flexibility index (Phi) is 3.94. The fraction of sp³-hybridized carbons (Fsp3) is 0.583. The van der Waals surface area contributed by atoms with E-state index in [-0.39, 0.29) is 0 Å². The van der Waals surface area contributed by atoms with Crippen molar-refractivity contribution in [1.29, 1.82) is 0 Å². The van der Waals surface area contributed by atoms with Crippen LogP contribution in [0.3, 0.4) is 0 Å². The van der Waals surface area contributed by atoms with Gasteiger partial charge in [0.15, 0.2) is 0 Å². The smallest absolute Gasteiger partial charge is 0.137 e. The molecule has 2 aliphatic rings. The zero-order valence-corrected chi connectivity index (χ0v) is 8.49. The van der Waals surface area contributed by atoms with Gasteiger partial charge in [0, 0.05) is 12.8 Å². The number of hydrogen-bond acceptors (Lipinski definition) is 1. The number of allylic oxidation sites excluding steroid dienone is 4. The Morgan fingerprint density at radius 1 is 1.31 bits per heavy atom. The lowest BCUT2D eigenvalue weighted by molar-refractivity contribution is -0.119. The zero-order valence-electron chi connectivity index (χ0n) is 8.49. The van der Waals surface area contributed by atoms with Crippen molar-refractivity contribution in [2.75, 3.05) is 0 Å². The summed E-state index contributed by atoms with van der Waals surface area (Å²) in [5.74, 6) is 1.50. The van der Waals surface area contributed by atoms with Crippen LogP contribution in [0.1, 0.15) is 33.1 Å². The third-order valence-corrected chi connectivity index (χ3v) is 2.28. The number of ketones is 1. The molecule has 13 heavy (non-hydrogen) atoms. The standard InChI is InChI=1S/C9H14O.C3H4/c1-7(2)8-4-3-5-9(10)6-8;1-2-3-1/h3-4,7-8H,5-6H2,1-2H3;1-2H,3H2. The van der Waals surface area contributed by atoms with Crippen LogP contribution in [0.2, 0.25) is 0 Å². The van der Waals surface area contributed by atoms with E-state index in [4.69, 9.17) is 0 Å². The highest BCUT2D eigenvalue weighted by Gasteiger charge is 2.16. The van der Waals surface area contributed by atoms with E-state index in [0.717, 1.165) is 6.42 Å². The van der Waals surface area contributed by atoms with Crippen molar-refractivity contribution in [1.82, 2.24) is 0 Å². The Hall–Kier alpha value is -0.850. The first-order valence-electron chi connectivity index (χ1n) is 5.03. The molecule has 0 amide bonds. The average Bonchev–Trinajstić information content (AvgIpc) is 2.89. The fourth-order valence-corrected chi connectivity index (χ4v) is 1.25. The average molecular weight is 178 g/mol. The van der Waals surface area contributed by atoms with Gasteiger partial charge in [-0.3, -0.25) is 4.79 Å². The summed E-state index contributed by atoms with van der Waals surface area (Å²) in [5.41, 5.74) is 0. The van der Waals surface area contributed by atoms with Gasteiger partial charge < -0.3 is 0 Å². The highest BCUT2D eigenvalue weighted by molar-refractivity contribution is 5.81. The molecule has 0 bridgehead atoms. The van der Waals surface area contributed by atoms with Gasteiger partial charge in [0.25, 0.3) is 0 Å². The molecule has 1 unspecified atom stereocenters. The van der Waals surface area contributed by atoms with Crippen molar-refractivity contribution < 1.29 is 4.79 Å². The van der Waals surface area contributed by atoms with Gasteiger partial charge in [-0.1, -0.05) is 38.2 Å². The summed E-state index contributed by atoms with van der Waals surface area (Å²) in [6, 6.07) is 0. The van der Waals surface area contributed by atoms with E-state index in [1.54, 1.807) is 0 Å². The van der Waals surface area contributed by atoms with Crippen LogP contribution < -0.4 is 0 Å². The van der Waals surface area contributed by atoms with E-state index in [1.807, 2.05) is 6.08 Å². The van der Waals surface area contributed by atoms with Crippen molar-refractivity contribution in [3.8, 4) is 0 Å². The van der Waals surface area contributed by atoms with Crippen molar-refractivity contribution in [3.05, 3.63) is 24.3 Å². The molecule has 0 aromatic heterocycles. The van der Waals surface area contributed by atoms with E-state index < -0.39 is 0 Å². The number of carbonyl (C=O) groups is 1. The summed E-state index contributed by atoms with van der Waals surface area (Å²) in [4.78, 5) is 10.9. The lowest BCUT2D eigenvalue weighted by atomic mass is 9.86. The molecule has 1 nitrogen and oxygen atoms in total. The number of rotatable bonds is 1. The first-order chi connectivity index (χ1) is 6.20. The van der Waals surface area contributed by atoms with E-state index in [2.05, 4.69) is 32.1 Å². The van der Waals surface area contributed by atoms with Crippen LogP contribution in [0.15, 0.2) is 24.3 Å². The van der Waals surface area contributed by atoms with E-state index in [0.29, 0.717) is 24.0 Å². The molecular formula is C12H18O. The minimum Gasteiger partial charge on any atom is -0.299 e. The monoisotopic (exact) mass is 178 g/mol. The second kappa shape index (κ2) is 5.00. The Labute approximate surface area is 80.5 Å². The van der Waals surface area contributed by atoms with Crippen LogP contribution in [0, 0.1) is 11.8 Å². The highest BCUT2D eigenvalue weighted by atomic mass is 16.1. The van der Waals surface area contributed by atoms with Gasteiger partial charge in [-0.05, 0) is 18.3 Å². The molecule has 1 atom stereocenters. The van der Waals surface area contributed by atoms with Crippen LogP contribution in [-0.4, -0.2) is 5.78 Å². The molecule has 0 aliphatic heterocycles. The molecule has 2 aliphatic carbocycles. The highest BCUT2D eigenvalue weighted by Crippen LogP contribution is 2.21. The molecule has 0 fully saturated rings. The van der Waals surface area contributed by atoms with Crippen LogP contribution in [0.5, 0.6) is 0 Å². The molecule has 0 saturated heterocycles. The topological polar surface area (TPSA) is 17.1 Å². The molecular weight excluding hydrogens is 160 g/mol. The van der Waals surface area contributed by atoms with E-state index in [1.165, 1.54) is 6.42 Å². The Morgan fingerprint density at radius 2 is 1.92 bits per heavy atom. The SMILES string of the molecule is C1=CC1.CC(C)C1C=CCC(=O)C1. The van der Waals surface area contributed by atoms with Gasteiger partial charge in [0.05, 0.1) is 0 Å². The molecule has 0 aromatic carbocycles. The predicted octanol–water partition coefficient (Wildman–Crippen LogP) is 3.12. The molecule has 0 saturated carbocycles. The Morgan fingerprint density at radius 3 is 2.23 bits per heavy atom. The number of Topliss-reactive ketones (excluding diaryl/α,β-unsaturated/α-hetero) is 1. The van der Waals surface area contributed by atoms with Gasteiger partial charge in [-0.15, -0.1) is 0 Å². The third-order valence-electron chi connectivity index (χ3n) is 2.28. The van der Waals surface area contributed by atoms with Gasteiger partial charge in [0.2, 0.25) is 0 Å². The normalized spacial score (nSPS) is 24.2. The molecule has 0 aromatic rings. The predicted molar refractivity (Wildman–Crippen MR) is 55.5 cm³/mol. The van der Waals surface area contributed by atoms with Gasteiger partial charge in [0.1, 0.15) is 5.78 Å². The summed E-state index contributed by atoms with van der Waals surface area (Å²) in [6.07, 6.45) is 11.1. The zero-order chi connectivity index (χ0) is 9.68. The largest absolute Gasteiger partial charge is 0.299 e. The quantitative estimate of drug-likeness (QED) is 0.564. The maximum atomic E-state index is 10.9. The first kappa shape index (κ1) is 10.2. The minimum atomic E-state index is 0.390. The van der Waals surface area contributed by atoms with Crippen LogP contribution in [-0.2, 0) is 4.79 Å². The maximum Gasteiger partial charge on any atom is 0.137 e. The summed E-state index contributed by atoms with van der Waals surface area (Å²) >= 11 is 0. The van der Waals surface area contributed by atoms with Crippen molar-refractivity contribution >= 4 is 5.78 Å². The second-order valence-electron chi connectivity index (χ2n) is 3.99. The van der Waals surface area contributed by atoms with Crippen molar-refractivity contribution in [2.24, 2.45) is 11.8 Å². The summed E-state index contributed by atoms with van der Waals surface area (Å²) < 4.78 is 0. The van der Waals surface area contributed by atoms with Gasteiger partial charge in [-0.25, -0.2) is 0 Å². The lowest BCUT2D eigenvalue weighted by Crippen LogP contribution is -2.14. The number of hydrogen-bond donors (Lipinski definition) is 0. The molecule has 0 N–H and O–H groups in total. The minimum absolute atomic E-state index is 0.390. The molecule has 0 heterocycles. The number of carbonyl (C=O) groups excluding carboxylic acids is 1. The molecule has 1 heteroatoms. The third kappa shape index (κ3) is 4.66. The van der Waals surface area contributed by atoms with Gasteiger partial charge in [-0.2, -0.15) is 0 Å². The van der Waals surface area contributed by atoms with Crippen LogP contribution in [0.4, 0.5) is 0 Å². The summed E-state index contributed by atoms with van der Waals surface area (Å²) in [5, 5.41) is 0.